The highest BCUT2D eigenvalue weighted by molar-refractivity contribution is 5.11. The second kappa shape index (κ2) is 4.69. The molecule has 7 nitrogen and oxygen atoms in total. The quantitative estimate of drug-likeness (QED) is 0.549. The van der Waals surface area contributed by atoms with Crippen molar-refractivity contribution in [2.24, 2.45) is 0 Å². The molecule has 84 valence electrons. The van der Waals surface area contributed by atoms with Crippen molar-refractivity contribution in [3.8, 4) is 0 Å². The van der Waals surface area contributed by atoms with Gasteiger partial charge in [-0.05, 0) is 11.8 Å². The largest absolute Gasteiger partial charge is 0.471 e. The van der Waals surface area contributed by atoms with E-state index in [1.165, 1.54) is 13.1 Å². The van der Waals surface area contributed by atoms with Crippen LogP contribution in [0.5, 0.6) is 0 Å². The van der Waals surface area contributed by atoms with Gasteiger partial charge in [0.2, 0.25) is 0 Å². The van der Waals surface area contributed by atoms with Crippen molar-refractivity contribution >= 4 is 5.95 Å². The Morgan fingerprint density at radius 2 is 2.53 bits per heavy atom. The van der Waals surface area contributed by atoms with E-state index in [0.717, 1.165) is 4.73 Å². The van der Waals surface area contributed by atoms with Crippen molar-refractivity contribution in [2.45, 2.75) is 13.0 Å². The third-order valence-electron chi connectivity index (χ3n) is 1.58. The number of aromatic nitrogens is 2. The average Bonchev–Trinajstić information content (AvgIpc) is 2.56. The molecule has 0 spiro atoms. The summed E-state index contributed by atoms with van der Waals surface area (Å²) in [6.07, 6.45) is 0.119. The minimum atomic E-state index is -1.13. The minimum absolute atomic E-state index is 0.372. The Morgan fingerprint density at radius 3 is 3.00 bits per heavy atom. The smallest absolute Gasteiger partial charge is 0.392 e. The van der Waals surface area contributed by atoms with Gasteiger partial charge < -0.3 is 20.1 Å². The number of aryl methyl sites for hydroxylation is 1. The first-order valence-electron chi connectivity index (χ1n) is 4.12. The first-order valence-corrected chi connectivity index (χ1v) is 4.12. The van der Waals surface area contributed by atoms with Crippen molar-refractivity contribution < 1.29 is 19.3 Å². The van der Waals surface area contributed by atoms with Gasteiger partial charge in [-0.2, -0.15) is 0 Å². The molecule has 0 aliphatic carbocycles. The number of aliphatic hydroxyl groups excluding tert-OH is 1. The molecular formula is C7H10FN3O4. The number of rotatable bonds is 5. The molecule has 1 N–H and O–H groups in total. The molecule has 0 bridgehead atoms. The summed E-state index contributed by atoms with van der Waals surface area (Å²) in [6.45, 7) is 0.0338. The van der Waals surface area contributed by atoms with Crippen LogP contribution in [0.15, 0.2) is 6.20 Å². The van der Waals surface area contributed by atoms with Crippen molar-refractivity contribution in [2.75, 3.05) is 13.3 Å². The predicted molar refractivity (Wildman–Crippen MR) is 47.0 cm³/mol. The third kappa shape index (κ3) is 2.62. The van der Waals surface area contributed by atoms with E-state index in [1.807, 2.05) is 0 Å². The van der Waals surface area contributed by atoms with Crippen molar-refractivity contribution in [3.63, 3.8) is 0 Å². The molecule has 1 rings (SSSR count). The van der Waals surface area contributed by atoms with E-state index in [1.54, 1.807) is 0 Å². The molecule has 0 aliphatic rings. The van der Waals surface area contributed by atoms with Gasteiger partial charge in [-0.3, -0.25) is 0 Å². The average molecular weight is 219 g/mol. The van der Waals surface area contributed by atoms with E-state index in [-0.39, 0.29) is 0 Å². The van der Waals surface area contributed by atoms with Gasteiger partial charge in [-0.15, -0.1) is 0 Å². The molecule has 1 aromatic rings. The van der Waals surface area contributed by atoms with E-state index in [4.69, 9.17) is 9.94 Å². The topological polar surface area (TPSA) is 90.4 Å². The third-order valence-corrected chi connectivity index (χ3v) is 1.58. The zero-order valence-corrected chi connectivity index (χ0v) is 7.96. The molecule has 1 unspecified atom stereocenters. The van der Waals surface area contributed by atoms with E-state index < -0.39 is 30.3 Å². The second-order valence-corrected chi connectivity index (χ2v) is 2.83. The van der Waals surface area contributed by atoms with Gasteiger partial charge >= 0.3 is 5.95 Å². The van der Waals surface area contributed by atoms with Crippen LogP contribution in [0.4, 0.5) is 10.3 Å². The number of halogens is 1. The van der Waals surface area contributed by atoms with Crippen LogP contribution in [-0.2, 0) is 0 Å². The number of hydrogen-bond donors (Lipinski definition) is 1. The molecule has 0 aliphatic heterocycles. The van der Waals surface area contributed by atoms with Crippen LogP contribution in [0, 0.1) is 17.0 Å². The Morgan fingerprint density at radius 1 is 1.87 bits per heavy atom. The lowest BCUT2D eigenvalue weighted by Gasteiger charge is -2.09. The second-order valence-electron chi connectivity index (χ2n) is 2.83. The van der Waals surface area contributed by atoms with Crippen LogP contribution < -0.4 is 4.84 Å². The number of nitrogens with zero attached hydrogens (tertiary/aromatic N) is 3. The summed E-state index contributed by atoms with van der Waals surface area (Å²) >= 11 is 0. The van der Waals surface area contributed by atoms with Crippen molar-refractivity contribution in [1.82, 2.24) is 9.71 Å². The fourth-order valence-corrected chi connectivity index (χ4v) is 0.933. The molecule has 0 aromatic carbocycles. The lowest BCUT2D eigenvalue weighted by molar-refractivity contribution is -0.402. The molecule has 0 saturated heterocycles. The lowest BCUT2D eigenvalue weighted by atomic mass is 10.4. The molecule has 1 atom stereocenters. The maximum absolute atomic E-state index is 12.2. The molecule has 0 fully saturated rings. The molecule has 0 saturated carbocycles. The van der Waals surface area contributed by atoms with Gasteiger partial charge in [0, 0.05) is 0 Å². The fraction of sp³-hybridized carbons (Fsp3) is 0.571. The van der Waals surface area contributed by atoms with Crippen LogP contribution in [0.1, 0.15) is 5.69 Å². The van der Waals surface area contributed by atoms with Crippen LogP contribution in [0.2, 0.25) is 0 Å². The standard InChI is InChI=1S/C7H10FN3O4/c1-5-3-10(7(9-5)11(13)14)15-6(2-8)4-12/h3,6,12H,2,4H2,1H3. The van der Waals surface area contributed by atoms with Gasteiger partial charge in [0.15, 0.2) is 11.8 Å². The number of aliphatic hydroxyl groups is 1. The van der Waals surface area contributed by atoms with Crippen LogP contribution >= 0.6 is 0 Å². The van der Waals surface area contributed by atoms with Crippen molar-refractivity contribution in [1.29, 1.82) is 0 Å². The predicted octanol–water partition coefficient (Wildman–Crippen LogP) is -0.141. The molecule has 8 heteroatoms. The Balaban J connectivity index is 2.88. The summed E-state index contributed by atoms with van der Waals surface area (Å²) in [6, 6.07) is 0. The molecular weight excluding hydrogens is 209 g/mol. The van der Waals surface area contributed by atoms with Crippen LogP contribution in [0.25, 0.3) is 0 Å². The monoisotopic (exact) mass is 219 g/mol. The summed E-state index contributed by atoms with van der Waals surface area (Å²) in [4.78, 5) is 18.1. The summed E-state index contributed by atoms with van der Waals surface area (Å²) < 4.78 is 12.9. The molecule has 1 heterocycles. The molecule has 0 radical (unpaired) electrons. The van der Waals surface area contributed by atoms with Gasteiger partial charge in [0.05, 0.1) is 6.61 Å². The van der Waals surface area contributed by atoms with Crippen LogP contribution in [-0.4, -0.2) is 39.1 Å². The van der Waals surface area contributed by atoms with Gasteiger partial charge in [-0.1, -0.05) is 9.71 Å². The molecule has 1 aromatic heterocycles. The maximum Gasteiger partial charge on any atom is 0.471 e. The van der Waals surface area contributed by atoms with E-state index in [9.17, 15) is 14.5 Å². The summed E-state index contributed by atoms with van der Waals surface area (Å²) in [5.74, 6) is -0.542. The lowest BCUT2D eigenvalue weighted by Crippen LogP contribution is -2.30. The summed E-state index contributed by atoms with van der Waals surface area (Å²) in [5, 5.41) is 19.1. The highest BCUT2D eigenvalue weighted by Gasteiger charge is 2.22. The van der Waals surface area contributed by atoms with E-state index >= 15 is 0 Å². The Hall–Kier alpha value is -1.70. The van der Waals surface area contributed by atoms with E-state index in [0.29, 0.717) is 5.69 Å². The number of nitro groups is 1. The summed E-state index contributed by atoms with van der Waals surface area (Å²) in [7, 11) is 0. The highest BCUT2D eigenvalue weighted by Crippen LogP contribution is 2.09. The number of imidazole rings is 1. The Labute approximate surface area is 84.2 Å². The van der Waals surface area contributed by atoms with E-state index in [2.05, 4.69) is 4.98 Å². The molecule has 0 amide bonds. The highest BCUT2D eigenvalue weighted by atomic mass is 19.1. The Bertz CT molecular complexity index is 350. The number of alkyl halides is 1. The van der Waals surface area contributed by atoms with Crippen LogP contribution in [0.3, 0.4) is 0 Å². The normalized spacial score (nSPS) is 12.5. The van der Waals surface area contributed by atoms with Crippen molar-refractivity contribution in [3.05, 3.63) is 22.0 Å². The maximum atomic E-state index is 12.2. The first-order chi connectivity index (χ1) is 7.08. The number of hydrogen-bond acceptors (Lipinski definition) is 5. The summed E-state index contributed by atoms with van der Waals surface area (Å²) in [5.41, 5.74) is 0.372. The zero-order chi connectivity index (χ0) is 11.4. The molecule has 15 heavy (non-hydrogen) atoms. The minimum Gasteiger partial charge on any atom is -0.392 e. The Kier molecular flexibility index (Phi) is 3.56. The van der Waals surface area contributed by atoms with Gasteiger partial charge in [-0.25, -0.2) is 4.39 Å². The first kappa shape index (κ1) is 11.4. The van der Waals surface area contributed by atoms with Gasteiger partial charge in [0.25, 0.3) is 0 Å². The zero-order valence-electron chi connectivity index (χ0n) is 7.96. The fourth-order valence-electron chi connectivity index (χ4n) is 0.933. The SMILES string of the molecule is Cc1cn(OC(CO)CF)c([N+](=O)[O-])n1. The van der Waals surface area contributed by atoms with Gasteiger partial charge in [0.1, 0.15) is 12.9 Å².